The summed E-state index contributed by atoms with van der Waals surface area (Å²) in [4.78, 5) is 2.48. The van der Waals surface area contributed by atoms with Crippen LogP contribution in [0.5, 0.6) is 0 Å². The molecule has 0 N–H and O–H groups in total. The molecule has 0 radical (unpaired) electrons. The van der Waals surface area contributed by atoms with Crippen LogP contribution in [-0.2, 0) is 16.2 Å². The van der Waals surface area contributed by atoms with Gasteiger partial charge in [0, 0.05) is 33.2 Å². The molecule has 3 aliphatic rings. The molecule has 0 spiro atoms. The van der Waals surface area contributed by atoms with Gasteiger partial charge in [0.2, 0.25) is 0 Å². The van der Waals surface area contributed by atoms with Crippen molar-refractivity contribution in [2.45, 2.75) is 57.8 Å². The summed E-state index contributed by atoms with van der Waals surface area (Å²) in [5.74, 6) is 0. The second-order valence-corrected chi connectivity index (χ2v) is 15.4. The van der Waals surface area contributed by atoms with E-state index in [1.807, 2.05) is 0 Å². The van der Waals surface area contributed by atoms with Crippen molar-refractivity contribution in [3.63, 3.8) is 0 Å². The molecule has 0 amide bonds. The minimum absolute atomic E-state index is 0.0890. The average molecular weight is 620 g/mol. The molecule has 9 rings (SSSR count). The lowest BCUT2D eigenvalue weighted by Crippen LogP contribution is -2.26. The maximum absolute atomic E-state index is 2.53. The number of hydrogen-bond donors (Lipinski definition) is 0. The van der Waals surface area contributed by atoms with Gasteiger partial charge in [-0.3, -0.25) is 0 Å². The molecule has 1 heteroatoms. The Balaban J connectivity index is 1.39. The Bertz CT molecular complexity index is 2260. The number of hydrogen-bond acceptors (Lipinski definition) is 1. The predicted molar refractivity (Wildman–Crippen MR) is 204 cm³/mol. The molecule has 0 unspecified atom stereocenters. The Morgan fingerprint density at radius 3 is 1.52 bits per heavy atom. The average Bonchev–Trinajstić information content (AvgIpc) is 3.44. The smallest absolute Gasteiger partial charge is 0.0546 e. The molecular weight excluding hydrogens is 579 g/mol. The van der Waals surface area contributed by atoms with Crippen molar-refractivity contribution >= 4 is 29.2 Å². The molecule has 3 aliphatic carbocycles. The predicted octanol–water partition coefficient (Wildman–Crippen LogP) is 12.6. The van der Waals surface area contributed by atoms with Crippen LogP contribution in [0.2, 0.25) is 0 Å². The fourth-order valence-corrected chi connectivity index (χ4v) is 9.38. The standard InChI is InChI=1S/C47H41N/c1-45(2)39-28-27-33-32-21-13-15-23-37(32)46(3,4)43(33)35(39)25-26-36-40(45)29-41(42-34-22-14-16-24-38(34)47(5,6)44(36)42)48(30-17-9-7-10-18-30)31-19-11-8-12-20-31/h7-29H,1-6H3. The molecule has 0 heterocycles. The highest BCUT2D eigenvalue weighted by atomic mass is 15.1. The highest BCUT2D eigenvalue weighted by Gasteiger charge is 2.45. The minimum Gasteiger partial charge on any atom is -0.310 e. The summed E-state index contributed by atoms with van der Waals surface area (Å²) in [6, 6.07) is 47.2. The van der Waals surface area contributed by atoms with E-state index in [1.54, 1.807) is 0 Å². The second kappa shape index (κ2) is 9.94. The van der Waals surface area contributed by atoms with Gasteiger partial charge < -0.3 is 4.90 Å². The maximum atomic E-state index is 2.53. The summed E-state index contributed by atoms with van der Waals surface area (Å²) in [6.45, 7) is 14.5. The molecule has 0 aromatic heterocycles. The van der Waals surface area contributed by atoms with Gasteiger partial charge in [0.15, 0.2) is 0 Å². The molecule has 6 aromatic rings. The highest BCUT2D eigenvalue weighted by molar-refractivity contribution is 6.00. The Morgan fingerprint density at radius 1 is 0.396 bits per heavy atom. The zero-order chi connectivity index (χ0) is 33.0. The van der Waals surface area contributed by atoms with Crippen molar-refractivity contribution in [3.05, 3.63) is 172 Å². The van der Waals surface area contributed by atoms with E-state index in [1.165, 1.54) is 72.4 Å². The lowest BCUT2D eigenvalue weighted by Gasteiger charge is -2.36. The van der Waals surface area contributed by atoms with E-state index in [0.29, 0.717) is 0 Å². The molecule has 234 valence electrons. The summed E-state index contributed by atoms with van der Waals surface area (Å²) in [5.41, 5.74) is 19.6. The van der Waals surface area contributed by atoms with Gasteiger partial charge in [-0.05, 0) is 91.5 Å². The van der Waals surface area contributed by atoms with E-state index in [0.717, 1.165) is 11.4 Å². The van der Waals surface area contributed by atoms with Gasteiger partial charge in [0.1, 0.15) is 0 Å². The van der Waals surface area contributed by atoms with E-state index in [-0.39, 0.29) is 16.2 Å². The van der Waals surface area contributed by atoms with Crippen LogP contribution in [0.15, 0.2) is 127 Å². The van der Waals surface area contributed by atoms with Crippen molar-refractivity contribution < 1.29 is 0 Å². The normalized spacial score (nSPS) is 16.5. The fourth-order valence-electron chi connectivity index (χ4n) is 9.38. The molecule has 0 saturated heterocycles. The Kier molecular flexibility index (Phi) is 6.01. The van der Waals surface area contributed by atoms with E-state index in [4.69, 9.17) is 0 Å². The third-order valence-corrected chi connectivity index (χ3v) is 11.6. The first kappa shape index (κ1) is 29.0. The van der Waals surface area contributed by atoms with Crippen LogP contribution in [0.4, 0.5) is 17.1 Å². The van der Waals surface area contributed by atoms with E-state index in [2.05, 4.69) is 186 Å². The first-order valence-electron chi connectivity index (χ1n) is 17.3. The molecular formula is C47H41N. The summed E-state index contributed by atoms with van der Waals surface area (Å²) >= 11 is 0. The van der Waals surface area contributed by atoms with Crippen LogP contribution in [0, 0.1) is 0 Å². The third kappa shape index (κ3) is 3.79. The van der Waals surface area contributed by atoms with Crippen molar-refractivity contribution in [2.75, 3.05) is 4.90 Å². The molecule has 6 aromatic carbocycles. The maximum Gasteiger partial charge on any atom is 0.0546 e. The molecule has 0 atom stereocenters. The van der Waals surface area contributed by atoms with Gasteiger partial charge >= 0.3 is 0 Å². The zero-order valence-corrected chi connectivity index (χ0v) is 28.7. The van der Waals surface area contributed by atoms with Gasteiger partial charge in [0.25, 0.3) is 0 Å². The van der Waals surface area contributed by atoms with Crippen LogP contribution in [0.25, 0.3) is 34.4 Å². The van der Waals surface area contributed by atoms with Crippen molar-refractivity contribution in [3.8, 4) is 22.3 Å². The Labute approximate surface area is 285 Å². The van der Waals surface area contributed by atoms with Gasteiger partial charge in [-0.1, -0.05) is 151 Å². The number of fused-ring (bicyclic) bond motifs is 10. The molecule has 0 fully saturated rings. The summed E-state index contributed by atoms with van der Waals surface area (Å²) in [7, 11) is 0. The summed E-state index contributed by atoms with van der Waals surface area (Å²) < 4.78 is 0. The first-order chi connectivity index (χ1) is 23.1. The molecule has 1 nitrogen and oxygen atoms in total. The minimum atomic E-state index is -0.262. The van der Waals surface area contributed by atoms with Crippen LogP contribution < -0.4 is 4.90 Å². The number of para-hydroxylation sites is 2. The third-order valence-electron chi connectivity index (χ3n) is 11.6. The summed E-state index contributed by atoms with van der Waals surface area (Å²) in [6.07, 6.45) is 4.93. The van der Waals surface area contributed by atoms with E-state index < -0.39 is 0 Å². The SMILES string of the molecule is CC1(C)c2ccc3c(c2C=Cc2c1cc(N(c1ccccc1)c1ccccc1)c1c2C(C)(C)c2ccccc2-1)C(C)(C)c1ccccc1-3. The lowest BCUT2D eigenvalue weighted by molar-refractivity contribution is 0.616. The van der Waals surface area contributed by atoms with Gasteiger partial charge in [-0.15, -0.1) is 0 Å². The Morgan fingerprint density at radius 2 is 0.896 bits per heavy atom. The first-order valence-corrected chi connectivity index (χ1v) is 17.3. The lowest BCUT2D eigenvalue weighted by atomic mass is 9.70. The zero-order valence-electron chi connectivity index (χ0n) is 28.7. The quantitative estimate of drug-likeness (QED) is 0.190. The fraction of sp³-hybridized carbons (Fsp3) is 0.191. The van der Waals surface area contributed by atoms with Crippen LogP contribution >= 0.6 is 0 Å². The van der Waals surface area contributed by atoms with Gasteiger partial charge in [-0.25, -0.2) is 0 Å². The second-order valence-electron chi connectivity index (χ2n) is 15.4. The molecule has 0 aliphatic heterocycles. The topological polar surface area (TPSA) is 3.24 Å². The van der Waals surface area contributed by atoms with E-state index in [9.17, 15) is 0 Å². The van der Waals surface area contributed by atoms with Crippen molar-refractivity contribution in [1.82, 2.24) is 0 Å². The summed E-state index contributed by atoms with van der Waals surface area (Å²) in [5, 5.41) is 0. The van der Waals surface area contributed by atoms with Crippen molar-refractivity contribution in [1.29, 1.82) is 0 Å². The van der Waals surface area contributed by atoms with Gasteiger partial charge in [-0.2, -0.15) is 0 Å². The Hall–Kier alpha value is -5.14. The molecule has 0 saturated carbocycles. The number of nitrogens with zero attached hydrogens (tertiary/aromatic N) is 1. The van der Waals surface area contributed by atoms with Crippen LogP contribution in [-0.4, -0.2) is 0 Å². The molecule has 48 heavy (non-hydrogen) atoms. The van der Waals surface area contributed by atoms with E-state index >= 15 is 0 Å². The molecule has 0 bridgehead atoms. The largest absolute Gasteiger partial charge is 0.310 e. The van der Waals surface area contributed by atoms with Crippen molar-refractivity contribution in [2.24, 2.45) is 0 Å². The van der Waals surface area contributed by atoms with Crippen LogP contribution in [0.1, 0.15) is 86.1 Å². The number of anilines is 3. The monoisotopic (exact) mass is 619 g/mol. The van der Waals surface area contributed by atoms with Crippen LogP contribution in [0.3, 0.4) is 0 Å². The number of rotatable bonds is 3. The highest BCUT2D eigenvalue weighted by Crippen LogP contribution is 2.60. The number of benzene rings is 6. The van der Waals surface area contributed by atoms with Gasteiger partial charge in [0.05, 0.1) is 5.69 Å².